The molecule has 0 bridgehead atoms. The van der Waals surface area contributed by atoms with Crippen molar-refractivity contribution in [1.29, 1.82) is 0 Å². The maximum absolute atomic E-state index is 12.6. The average molecular weight is 360 g/mol. The van der Waals surface area contributed by atoms with Gasteiger partial charge >= 0.3 is 0 Å². The smallest absolute Gasteiger partial charge is 0.272 e. The summed E-state index contributed by atoms with van der Waals surface area (Å²) in [5.41, 5.74) is 2.80. The van der Waals surface area contributed by atoms with E-state index in [9.17, 15) is 9.59 Å². The number of thioether (sulfide) groups is 1. The van der Waals surface area contributed by atoms with Gasteiger partial charge in [0.05, 0.1) is 24.8 Å². The molecule has 2 aromatic rings. The van der Waals surface area contributed by atoms with E-state index in [0.717, 1.165) is 29.2 Å². The Labute approximate surface area is 149 Å². The number of hydrogen-bond donors (Lipinski definition) is 2. The van der Waals surface area contributed by atoms with Crippen molar-refractivity contribution in [2.75, 3.05) is 18.1 Å². The molecule has 0 radical (unpaired) electrons. The van der Waals surface area contributed by atoms with Gasteiger partial charge in [0.2, 0.25) is 0 Å². The molecule has 0 aromatic carbocycles. The number of carbonyl (C=O) groups is 2. The molecule has 1 fully saturated rings. The lowest BCUT2D eigenvalue weighted by atomic mass is 10.0. The van der Waals surface area contributed by atoms with Crippen LogP contribution >= 0.6 is 11.8 Å². The number of nitrogens with one attached hydrogen (secondary N) is 2. The second kappa shape index (κ2) is 6.55. The summed E-state index contributed by atoms with van der Waals surface area (Å²) < 4.78 is 1.71. The van der Waals surface area contributed by atoms with Gasteiger partial charge in [0.1, 0.15) is 5.69 Å². The Morgan fingerprint density at radius 1 is 1.44 bits per heavy atom. The minimum absolute atomic E-state index is 0.0609. The topological polar surface area (TPSA) is 95.9 Å². The van der Waals surface area contributed by atoms with Crippen molar-refractivity contribution < 1.29 is 9.59 Å². The Balaban J connectivity index is 1.48. The quantitative estimate of drug-likeness (QED) is 0.835. The molecule has 8 nitrogen and oxygen atoms in total. The standard InChI is InChI=1S/C16H20N6O2S/c1-21-9-17-6-13(21)16(24)22-4-2-11-12(7-22)19-20-14(11)15(23)18-10-3-5-25-8-10/h6,9-10H,2-5,7-8H2,1H3,(H,18,23)(H,19,20). The van der Waals surface area contributed by atoms with E-state index in [1.165, 1.54) is 0 Å². The molecule has 0 saturated carbocycles. The molecule has 2 aliphatic heterocycles. The number of rotatable bonds is 3. The van der Waals surface area contributed by atoms with E-state index in [-0.39, 0.29) is 17.9 Å². The number of imidazole rings is 1. The number of amides is 2. The van der Waals surface area contributed by atoms with Gasteiger partial charge in [0, 0.05) is 31.0 Å². The largest absolute Gasteiger partial charge is 0.347 e. The fourth-order valence-electron chi connectivity index (χ4n) is 3.31. The lowest BCUT2D eigenvalue weighted by molar-refractivity contribution is 0.0722. The number of carbonyl (C=O) groups excluding carboxylic acids is 2. The van der Waals surface area contributed by atoms with Crippen LogP contribution in [0, 0.1) is 0 Å². The number of aryl methyl sites for hydroxylation is 1. The number of hydrogen-bond acceptors (Lipinski definition) is 5. The Bertz CT molecular complexity index is 807. The van der Waals surface area contributed by atoms with E-state index in [4.69, 9.17) is 0 Å². The highest BCUT2D eigenvalue weighted by Gasteiger charge is 2.29. The molecule has 9 heteroatoms. The van der Waals surface area contributed by atoms with Gasteiger partial charge in [-0.15, -0.1) is 0 Å². The third-order valence-corrected chi connectivity index (χ3v) is 5.90. The third kappa shape index (κ3) is 3.04. The van der Waals surface area contributed by atoms with E-state index in [2.05, 4.69) is 20.5 Å². The summed E-state index contributed by atoms with van der Waals surface area (Å²) >= 11 is 1.86. The molecule has 1 unspecified atom stereocenters. The summed E-state index contributed by atoms with van der Waals surface area (Å²) in [6.07, 6.45) is 4.82. The van der Waals surface area contributed by atoms with Crippen LogP contribution in [0.25, 0.3) is 0 Å². The molecule has 0 spiro atoms. The highest BCUT2D eigenvalue weighted by atomic mass is 32.2. The molecule has 2 aromatic heterocycles. The number of aromatic nitrogens is 4. The fraction of sp³-hybridized carbons (Fsp3) is 0.500. The normalized spacial score (nSPS) is 19.7. The predicted molar refractivity (Wildman–Crippen MR) is 93.4 cm³/mol. The third-order valence-electron chi connectivity index (χ3n) is 4.74. The van der Waals surface area contributed by atoms with Gasteiger partial charge in [-0.05, 0) is 18.6 Å². The minimum Gasteiger partial charge on any atom is -0.347 e. The molecule has 25 heavy (non-hydrogen) atoms. The summed E-state index contributed by atoms with van der Waals surface area (Å²) in [6, 6.07) is 0.233. The van der Waals surface area contributed by atoms with Gasteiger partial charge in [0.15, 0.2) is 5.69 Å². The second-order valence-electron chi connectivity index (χ2n) is 6.43. The van der Waals surface area contributed by atoms with E-state index < -0.39 is 0 Å². The van der Waals surface area contributed by atoms with Gasteiger partial charge in [-0.1, -0.05) is 0 Å². The number of nitrogens with zero attached hydrogens (tertiary/aromatic N) is 4. The molecule has 4 heterocycles. The van der Waals surface area contributed by atoms with Crippen LogP contribution in [0.3, 0.4) is 0 Å². The summed E-state index contributed by atoms with van der Waals surface area (Å²) in [4.78, 5) is 30.9. The summed E-state index contributed by atoms with van der Waals surface area (Å²) in [5.74, 6) is 1.88. The van der Waals surface area contributed by atoms with Crippen molar-refractivity contribution in [3.05, 3.63) is 35.2 Å². The summed E-state index contributed by atoms with van der Waals surface area (Å²) in [7, 11) is 1.80. The molecule has 2 aliphatic rings. The van der Waals surface area contributed by atoms with Crippen molar-refractivity contribution in [2.45, 2.75) is 25.4 Å². The van der Waals surface area contributed by atoms with Crippen molar-refractivity contribution >= 4 is 23.6 Å². The first-order chi connectivity index (χ1) is 12.1. The zero-order valence-corrected chi connectivity index (χ0v) is 14.8. The lowest BCUT2D eigenvalue weighted by Gasteiger charge is -2.26. The first-order valence-corrected chi connectivity index (χ1v) is 9.49. The van der Waals surface area contributed by atoms with E-state index >= 15 is 0 Å². The molecular formula is C16H20N6O2S. The number of H-pyrrole nitrogens is 1. The van der Waals surface area contributed by atoms with E-state index in [1.807, 2.05) is 11.8 Å². The summed E-state index contributed by atoms with van der Waals surface area (Å²) in [5, 5.41) is 10.2. The van der Waals surface area contributed by atoms with Gasteiger partial charge in [0.25, 0.3) is 11.8 Å². The van der Waals surface area contributed by atoms with Gasteiger partial charge < -0.3 is 14.8 Å². The first kappa shape index (κ1) is 16.2. The second-order valence-corrected chi connectivity index (χ2v) is 7.58. The van der Waals surface area contributed by atoms with Crippen LogP contribution in [-0.2, 0) is 20.0 Å². The van der Waals surface area contributed by atoms with Crippen LogP contribution < -0.4 is 5.32 Å². The Morgan fingerprint density at radius 3 is 3.04 bits per heavy atom. The van der Waals surface area contributed by atoms with Crippen molar-refractivity contribution in [3.63, 3.8) is 0 Å². The molecule has 2 amide bonds. The monoisotopic (exact) mass is 360 g/mol. The Kier molecular flexibility index (Phi) is 4.24. The summed E-state index contributed by atoms with van der Waals surface area (Å²) in [6.45, 7) is 0.995. The Morgan fingerprint density at radius 2 is 2.32 bits per heavy atom. The highest BCUT2D eigenvalue weighted by molar-refractivity contribution is 7.99. The fourth-order valence-corrected chi connectivity index (χ4v) is 4.46. The van der Waals surface area contributed by atoms with Gasteiger partial charge in [-0.25, -0.2) is 4.98 Å². The molecule has 0 aliphatic carbocycles. The van der Waals surface area contributed by atoms with Crippen molar-refractivity contribution in [3.8, 4) is 0 Å². The first-order valence-electron chi connectivity index (χ1n) is 8.34. The molecular weight excluding hydrogens is 340 g/mol. The SMILES string of the molecule is Cn1cncc1C(=O)N1CCc2c(C(=O)NC3CCSC3)n[nH]c2C1. The lowest BCUT2D eigenvalue weighted by Crippen LogP contribution is -2.38. The minimum atomic E-state index is -0.114. The van der Waals surface area contributed by atoms with Gasteiger partial charge in [-0.2, -0.15) is 16.9 Å². The predicted octanol–water partition coefficient (Wildman–Crippen LogP) is 0.577. The molecule has 1 saturated heterocycles. The molecule has 2 N–H and O–H groups in total. The highest BCUT2D eigenvalue weighted by Crippen LogP contribution is 2.23. The van der Waals surface area contributed by atoms with Crippen molar-refractivity contribution in [1.82, 2.24) is 30.0 Å². The molecule has 132 valence electrons. The maximum atomic E-state index is 12.6. The van der Waals surface area contributed by atoms with E-state index in [0.29, 0.717) is 30.9 Å². The average Bonchev–Trinajstić information content (AvgIpc) is 3.33. The van der Waals surface area contributed by atoms with E-state index in [1.54, 1.807) is 29.0 Å². The van der Waals surface area contributed by atoms with Crippen LogP contribution in [0.5, 0.6) is 0 Å². The van der Waals surface area contributed by atoms with Crippen molar-refractivity contribution in [2.24, 2.45) is 7.05 Å². The van der Waals surface area contributed by atoms with Gasteiger partial charge in [-0.3, -0.25) is 14.7 Å². The van der Waals surface area contributed by atoms with Crippen LogP contribution in [0.2, 0.25) is 0 Å². The Hall–Kier alpha value is -2.29. The zero-order valence-electron chi connectivity index (χ0n) is 14.0. The zero-order chi connectivity index (χ0) is 17.4. The van der Waals surface area contributed by atoms with Crippen LogP contribution in [0.4, 0.5) is 0 Å². The maximum Gasteiger partial charge on any atom is 0.272 e. The number of aromatic amines is 1. The van der Waals surface area contributed by atoms with Crippen LogP contribution in [-0.4, -0.2) is 60.6 Å². The number of fused-ring (bicyclic) bond motifs is 1. The molecule has 1 atom stereocenters. The molecule has 4 rings (SSSR count). The van der Waals surface area contributed by atoms with Crippen LogP contribution in [0.1, 0.15) is 38.7 Å². The van der Waals surface area contributed by atoms with Crippen LogP contribution in [0.15, 0.2) is 12.5 Å².